The minimum atomic E-state index is -2.75. The van der Waals surface area contributed by atoms with Gasteiger partial charge < -0.3 is 25.4 Å². The summed E-state index contributed by atoms with van der Waals surface area (Å²) in [4.78, 5) is 23.8. The van der Waals surface area contributed by atoms with Gasteiger partial charge in [-0.2, -0.15) is 19.6 Å². The average Bonchev–Trinajstić information content (AvgIpc) is 3.30. The third-order valence-electron chi connectivity index (χ3n) is 7.82. The van der Waals surface area contributed by atoms with E-state index in [0.29, 0.717) is 24.3 Å². The number of fused-ring (bicyclic) bond motifs is 1. The Morgan fingerprint density at radius 2 is 1.95 bits per heavy atom. The maximum absolute atomic E-state index is 15.4. The van der Waals surface area contributed by atoms with E-state index in [-0.39, 0.29) is 22.9 Å². The van der Waals surface area contributed by atoms with Gasteiger partial charge in [-0.1, -0.05) is 6.42 Å². The summed E-state index contributed by atoms with van der Waals surface area (Å²) in [5, 5.41) is 27.7. The maximum atomic E-state index is 15.4. The summed E-state index contributed by atoms with van der Waals surface area (Å²) >= 11 is 0. The molecular formula is C25H27B4FN10O3. The lowest BCUT2D eigenvalue weighted by atomic mass is 9.42. The number of nitriles is 1. The van der Waals surface area contributed by atoms with E-state index in [1.54, 1.807) is 0 Å². The first-order valence-electron chi connectivity index (χ1n) is 13.8. The number of aryl methyl sites for hydroxylation is 1. The Morgan fingerprint density at radius 3 is 2.65 bits per heavy atom. The normalized spacial score (nSPS) is 19.3. The fourth-order valence-electron chi connectivity index (χ4n) is 5.44. The minimum absolute atomic E-state index is 0.0280. The van der Waals surface area contributed by atoms with Crippen LogP contribution >= 0.6 is 0 Å². The zero-order chi connectivity index (χ0) is 30.9. The summed E-state index contributed by atoms with van der Waals surface area (Å²) in [5.41, 5.74) is -0.863. The number of benzene rings is 1. The number of halogens is 1. The molecule has 2 saturated heterocycles. The first kappa shape index (κ1) is 30.6. The van der Waals surface area contributed by atoms with Crippen molar-refractivity contribution in [3.63, 3.8) is 0 Å². The predicted octanol–water partition coefficient (Wildman–Crippen LogP) is -0.461. The number of piperidine rings is 2. The molecule has 1 aromatic carbocycles. The van der Waals surface area contributed by atoms with Gasteiger partial charge in [-0.25, -0.2) is 14.2 Å². The molecule has 43 heavy (non-hydrogen) atoms. The van der Waals surface area contributed by atoms with E-state index in [1.165, 1.54) is 26.1 Å². The summed E-state index contributed by atoms with van der Waals surface area (Å²) in [6, 6.07) is 4.56. The Hall–Kier alpha value is -3.83. The minimum Gasteiger partial charge on any atom is -0.503 e. The fourth-order valence-corrected chi connectivity index (χ4v) is 5.44. The maximum Gasteiger partial charge on any atom is 0.368 e. The first-order chi connectivity index (χ1) is 20.4. The molecule has 0 unspecified atom stereocenters. The van der Waals surface area contributed by atoms with Crippen molar-refractivity contribution in [3.8, 4) is 17.5 Å². The number of hydrogen-bond acceptors (Lipinski definition) is 11. The number of anilines is 3. The van der Waals surface area contributed by atoms with Gasteiger partial charge in [0.2, 0.25) is 5.95 Å². The Kier molecular flexibility index (Phi) is 8.58. The molecule has 0 aliphatic carbocycles. The quantitative estimate of drug-likeness (QED) is 0.283. The van der Waals surface area contributed by atoms with E-state index in [0.717, 1.165) is 53.8 Å². The lowest BCUT2D eigenvalue weighted by molar-refractivity contribution is 0.0649. The van der Waals surface area contributed by atoms with Crippen LogP contribution in [0.2, 0.25) is 0 Å². The molecule has 2 aliphatic heterocycles. The molecule has 0 bridgehead atoms. The average molecular weight is 578 g/mol. The van der Waals surface area contributed by atoms with Crippen LogP contribution < -0.4 is 21.1 Å². The van der Waals surface area contributed by atoms with E-state index >= 15 is 4.39 Å². The molecule has 18 heteroatoms. The molecule has 8 radical (unpaired) electrons. The van der Waals surface area contributed by atoms with Gasteiger partial charge in [0.25, 0.3) is 0 Å². The van der Waals surface area contributed by atoms with Crippen molar-refractivity contribution in [1.82, 2.24) is 34.7 Å². The van der Waals surface area contributed by atoms with Crippen LogP contribution in [0.25, 0.3) is 5.69 Å². The van der Waals surface area contributed by atoms with Gasteiger partial charge in [0.15, 0.2) is 5.82 Å². The number of nitrogens with one attached hydrogen (secondary N) is 2. The molecule has 3 aromatic rings. The van der Waals surface area contributed by atoms with Gasteiger partial charge in [-0.05, 0) is 61.2 Å². The van der Waals surface area contributed by atoms with Gasteiger partial charge >= 0.3 is 5.69 Å². The molecule has 3 N–H and O–H groups in total. The number of tetrazole rings is 1. The second kappa shape index (κ2) is 12.0. The number of ether oxygens (including phenoxy) is 1. The number of nitrogens with zero attached hydrogens (tertiary/aromatic N) is 8. The molecule has 13 nitrogen and oxygen atoms in total. The Labute approximate surface area is 252 Å². The molecule has 0 saturated carbocycles. The summed E-state index contributed by atoms with van der Waals surface area (Å²) < 4.78 is 22.4. The molecule has 4 heterocycles. The number of aliphatic hydroxyl groups is 1. The van der Waals surface area contributed by atoms with Crippen molar-refractivity contribution in [2.75, 3.05) is 30.3 Å². The summed E-state index contributed by atoms with van der Waals surface area (Å²) in [6.45, 7) is 2.85. The molecule has 214 valence electrons. The summed E-state index contributed by atoms with van der Waals surface area (Å²) in [7, 11) is 23.6. The van der Waals surface area contributed by atoms with Crippen LogP contribution in [-0.2, 0) is 7.05 Å². The van der Waals surface area contributed by atoms with Gasteiger partial charge in [0, 0.05) is 36.5 Å². The van der Waals surface area contributed by atoms with Crippen molar-refractivity contribution in [1.29, 1.82) is 5.26 Å². The lowest BCUT2D eigenvalue weighted by Gasteiger charge is -2.44. The van der Waals surface area contributed by atoms with Crippen LogP contribution in [0.3, 0.4) is 0 Å². The Balaban J connectivity index is 1.43. The lowest BCUT2D eigenvalue weighted by Crippen LogP contribution is -2.60. The second-order valence-electron chi connectivity index (χ2n) is 10.9. The molecule has 2 aliphatic rings. The fraction of sp³-hybridized carbons (Fsp3) is 0.520. The van der Waals surface area contributed by atoms with Crippen molar-refractivity contribution in [2.45, 2.75) is 48.9 Å². The van der Waals surface area contributed by atoms with Gasteiger partial charge in [-0.15, -0.1) is 0 Å². The van der Waals surface area contributed by atoms with Crippen LogP contribution in [0.5, 0.6) is 5.75 Å². The highest BCUT2D eigenvalue weighted by molar-refractivity contribution is 6.53. The SMILES string of the molecule is [B]C([B])(O)C([B])([B])Oc1cc(F)c(Nc2ncc(C#N)c(NC[C@@H]3CCCN4CCCC[C@H]34)n2)cc1-n1nnn(C)c1=O. The van der Waals surface area contributed by atoms with Crippen molar-refractivity contribution in [2.24, 2.45) is 13.0 Å². The van der Waals surface area contributed by atoms with Crippen LogP contribution in [0.4, 0.5) is 21.8 Å². The molecule has 5 rings (SSSR count). The van der Waals surface area contributed by atoms with Gasteiger partial charge in [0.05, 0.1) is 11.9 Å². The molecular weight excluding hydrogens is 551 g/mol. The standard InChI is InChI=1S/C25H27B4FN10O3/c1-38-23(41)40(37-36-38)19-10-17(16(30)9-20(19)43-25(28,29)24(26,27)42)34-22-33-13-15(11-31)21(35-22)32-12-14-5-4-8-39-7-3-2-6-18(14)39/h9-10,13-14,18,42H,2-8,12H2,1H3,(H2,32,33,34,35)/t14-,18+/m0/s1. The number of rotatable bonds is 9. The highest BCUT2D eigenvalue weighted by Crippen LogP contribution is 2.34. The zero-order valence-corrected chi connectivity index (χ0v) is 23.6. The molecule has 2 atom stereocenters. The monoisotopic (exact) mass is 578 g/mol. The van der Waals surface area contributed by atoms with Crippen LogP contribution in [0.15, 0.2) is 23.1 Å². The first-order valence-corrected chi connectivity index (χ1v) is 13.8. The highest BCUT2D eigenvalue weighted by atomic mass is 19.1. The largest absolute Gasteiger partial charge is 0.503 e. The predicted molar refractivity (Wildman–Crippen MR) is 158 cm³/mol. The topological polar surface area (TPSA) is 159 Å². The zero-order valence-electron chi connectivity index (χ0n) is 23.6. The van der Waals surface area contributed by atoms with E-state index < -0.39 is 28.1 Å². The molecule has 2 fully saturated rings. The van der Waals surface area contributed by atoms with Gasteiger partial charge in [0.1, 0.15) is 60.3 Å². The Morgan fingerprint density at radius 1 is 1.19 bits per heavy atom. The molecule has 2 aromatic heterocycles. The molecule has 0 amide bonds. The third kappa shape index (κ3) is 6.42. The van der Waals surface area contributed by atoms with E-state index in [2.05, 4.69) is 42.0 Å². The van der Waals surface area contributed by atoms with Crippen LogP contribution in [0, 0.1) is 23.1 Å². The smallest absolute Gasteiger partial charge is 0.368 e. The van der Waals surface area contributed by atoms with E-state index in [4.69, 9.17) is 36.1 Å². The van der Waals surface area contributed by atoms with Crippen molar-refractivity contribution >= 4 is 48.8 Å². The van der Waals surface area contributed by atoms with Gasteiger partial charge in [-0.3, -0.25) is 0 Å². The summed E-state index contributed by atoms with van der Waals surface area (Å²) in [5.74, 6) is -0.662. The highest BCUT2D eigenvalue weighted by Gasteiger charge is 2.36. The third-order valence-corrected chi connectivity index (χ3v) is 7.82. The van der Waals surface area contributed by atoms with Crippen LogP contribution in [0.1, 0.15) is 37.7 Å². The second-order valence-corrected chi connectivity index (χ2v) is 10.9. The molecule has 0 spiro atoms. The summed E-state index contributed by atoms with van der Waals surface area (Å²) in [6.07, 6.45) is 7.10. The number of aromatic nitrogens is 6. The Bertz CT molecular complexity index is 1590. The van der Waals surface area contributed by atoms with Crippen molar-refractivity contribution < 1.29 is 14.2 Å². The van der Waals surface area contributed by atoms with E-state index in [9.17, 15) is 15.2 Å². The van der Waals surface area contributed by atoms with Crippen LogP contribution in [-0.4, -0.2) is 108 Å². The van der Waals surface area contributed by atoms with E-state index in [1.807, 2.05) is 0 Å². The van der Waals surface area contributed by atoms with Crippen molar-refractivity contribution in [3.05, 3.63) is 40.2 Å². The number of hydrogen-bond donors (Lipinski definition) is 3.